The van der Waals surface area contributed by atoms with E-state index in [0.29, 0.717) is 36.0 Å². The predicted octanol–water partition coefficient (Wildman–Crippen LogP) is 4.10. The zero-order valence-electron chi connectivity index (χ0n) is 31.7. The van der Waals surface area contributed by atoms with Crippen LogP contribution < -0.4 is 20.4 Å². The number of hydrogen-bond donors (Lipinski definition) is 3. The number of benzene rings is 2. The molecule has 0 bridgehead atoms. The van der Waals surface area contributed by atoms with Crippen molar-refractivity contribution in [2.24, 2.45) is 5.92 Å². The lowest BCUT2D eigenvalue weighted by Gasteiger charge is -2.43. The highest BCUT2D eigenvalue weighted by molar-refractivity contribution is 6.05. The standard InChI is InChI=1S/C41H43F3N10O4/c42-30-3-1-2-28(36(30)56)31-15-34-37(49-48-31)45-22-41(40(43)44)16-27(21-53(34)41)54-32-10-11-50(19-25(32)17-46-54)18-23-8-12-51(13-9-23)26-5-4-24-20-52(39(58)29(24)14-26)33-6-7-35(55)47-38(33)57/h1-5,14-15,17,23,27,33,40,56H,6-13,16,18-22H2,(H,45,49)(H,47,55,57)/t27-,33+,41-/m1/s1. The molecule has 3 saturated heterocycles. The molecule has 2 aromatic heterocycles. The van der Waals surface area contributed by atoms with E-state index in [2.05, 4.69) is 36.7 Å². The fourth-order valence-corrected chi connectivity index (χ4v) is 10.1. The van der Waals surface area contributed by atoms with E-state index in [1.807, 2.05) is 23.0 Å². The van der Waals surface area contributed by atoms with Gasteiger partial charge in [0.15, 0.2) is 17.4 Å². The highest BCUT2D eigenvalue weighted by atomic mass is 19.3. The summed E-state index contributed by atoms with van der Waals surface area (Å²) >= 11 is 0. The minimum absolute atomic E-state index is 0.0166. The average molecular weight is 797 g/mol. The van der Waals surface area contributed by atoms with Gasteiger partial charge in [-0.3, -0.25) is 29.3 Å². The molecular formula is C41H43F3N10O4. The maximum Gasteiger partial charge on any atom is 0.263 e. The smallest absolute Gasteiger partial charge is 0.263 e. The van der Waals surface area contributed by atoms with Crippen LogP contribution in [-0.4, -0.2) is 110 Å². The Morgan fingerprint density at radius 3 is 2.60 bits per heavy atom. The molecular weight excluding hydrogens is 754 g/mol. The monoisotopic (exact) mass is 796 g/mol. The predicted molar refractivity (Wildman–Crippen MR) is 206 cm³/mol. The van der Waals surface area contributed by atoms with Crippen LogP contribution in [0.15, 0.2) is 48.7 Å². The first kappa shape index (κ1) is 36.6. The molecule has 58 heavy (non-hydrogen) atoms. The molecule has 0 aliphatic carbocycles. The van der Waals surface area contributed by atoms with Crippen LogP contribution in [0.3, 0.4) is 0 Å². The number of carbonyl (C=O) groups excluding carboxylic acids is 3. The van der Waals surface area contributed by atoms with Gasteiger partial charge in [-0.1, -0.05) is 12.1 Å². The van der Waals surface area contributed by atoms with Crippen molar-refractivity contribution < 1.29 is 32.7 Å². The Labute approximate surface area is 332 Å². The van der Waals surface area contributed by atoms with Crippen molar-refractivity contribution in [3.63, 3.8) is 0 Å². The second kappa shape index (κ2) is 14.0. The third kappa shape index (κ3) is 6.03. The minimum atomic E-state index is -2.67. The van der Waals surface area contributed by atoms with Crippen LogP contribution in [0.25, 0.3) is 11.3 Å². The van der Waals surface area contributed by atoms with Crippen molar-refractivity contribution in [3.05, 3.63) is 76.9 Å². The molecule has 3 N–H and O–H groups in total. The number of alkyl halides is 2. The zero-order valence-corrected chi connectivity index (χ0v) is 31.7. The van der Waals surface area contributed by atoms with Crippen molar-refractivity contribution in [3.8, 4) is 17.0 Å². The molecule has 8 heterocycles. The second-order valence-corrected chi connectivity index (χ2v) is 16.5. The molecule has 17 heteroatoms. The number of nitrogens with one attached hydrogen (secondary N) is 2. The summed E-state index contributed by atoms with van der Waals surface area (Å²) in [6.07, 6.45) is 2.72. The largest absolute Gasteiger partial charge is 0.504 e. The normalized spacial score (nSPS) is 24.8. The van der Waals surface area contributed by atoms with E-state index in [9.17, 15) is 23.9 Å². The summed E-state index contributed by atoms with van der Waals surface area (Å²) < 4.78 is 46.4. The first-order valence-electron chi connectivity index (χ1n) is 20.0. The van der Waals surface area contributed by atoms with Gasteiger partial charge in [-0.15, -0.1) is 10.2 Å². The lowest BCUT2D eigenvalue weighted by atomic mass is 9.92. The Morgan fingerprint density at radius 1 is 0.948 bits per heavy atom. The molecule has 2 aromatic carbocycles. The van der Waals surface area contributed by atoms with Gasteiger partial charge < -0.3 is 25.1 Å². The Balaban J connectivity index is 0.780. The molecule has 3 amide bonds. The van der Waals surface area contributed by atoms with Crippen LogP contribution in [0.4, 0.5) is 30.4 Å². The fraction of sp³-hybridized carbons (Fsp3) is 0.463. The number of phenolic OH excluding ortho intramolecular Hbond substituents is 1. The van der Waals surface area contributed by atoms with E-state index in [1.165, 1.54) is 12.1 Å². The number of halogens is 3. The molecule has 6 aliphatic heterocycles. The van der Waals surface area contributed by atoms with E-state index in [-0.39, 0.29) is 55.0 Å². The average Bonchev–Trinajstić information content (AvgIpc) is 3.93. The number of para-hydroxylation sites is 1. The molecule has 14 nitrogen and oxygen atoms in total. The number of aromatic hydroxyl groups is 1. The third-order valence-corrected chi connectivity index (χ3v) is 13.2. The van der Waals surface area contributed by atoms with Crippen LogP contribution in [-0.2, 0) is 29.1 Å². The summed E-state index contributed by atoms with van der Waals surface area (Å²) in [7, 11) is 0. The molecule has 0 unspecified atom stereocenters. The molecule has 3 fully saturated rings. The summed E-state index contributed by atoms with van der Waals surface area (Å²) in [4.78, 5) is 45.6. The van der Waals surface area contributed by atoms with Crippen LogP contribution in [0, 0.1) is 11.7 Å². The highest BCUT2D eigenvalue weighted by Gasteiger charge is 2.56. The summed E-state index contributed by atoms with van der Waals surface area (Å²) in [5, 5.41) is 29.0. The van der Waals surface area contributed by atoms with Crippen LogP contribution in [0.2, 0.25) is 0 Å². The lowest BCUT2D eigenvalue weighted by molar-refractivity contribution is -0.136. The molecule has 10 rings (SSSR count). The first-order chi connectivity index (χ1) is 28.1. The molecule has 6 aliphatic rings. The second-order valence-electron chi connectivity index (χ2n) is 16.5. The van der Waals surface area contributed by atoms with E-state index < -0.39 is 35.5 Å². The van der Waals surface area contributed by atoms with E-state index >= 15 is 8.78 Å². The quantitative estimate of drug-likeness (QED) is 0.232. The number of fused-ring (bicyclic) bond motifs is 5. The van der Waals surface area contributed by atoms with Gasteiger partial charge in [0.1, 0.15) is 11.6 Å². The van der Waals surface area contributed by atoms with Crippen LogP contribution in [0.5, 0.6) is 5.75 Å². The Hall–Kier alpha value is -5.71. The maximum atomic E-state index is 15.1. The number of rotatable bonds is 7. The number of piperidine rings is 2. The number of phenols is 1. The van der Waals surface area contributed by atoms with Crippen molar-refractivity contribution in [2.45, 2.75) is 75.7 Å². The van der Waals surface area contributed by atoms with Crippen molar-refractivity contribution in [1.82, 2.24) is 35.1 Å². The summed E-state index contributed by atoms with van der Waals surface area (Å²) in [6, 6.07) is 10.7. The molecule has 0 saturated carbocycles. The lowest BCUT2D eigenvalue weighted by Crippen LogP contribution is -2.57. The number of amides is 3. The topological polar surface area (TPSA) is 152 Å². The number of carbonyl (C=O) groups is 3. The van der Waals surface area contributed by atoms with E-state index in [4.69, 9.17) is 5.10 Å². The number of imide groups is 1. The Bertz CT molecular complexity index is 2330. The van der Waals surface area contributed by atoms with E-state index in [1.54, 1.807) is 15.9 Å². The first-order valence-corrected chi connectivity index (χ1v) is 20.0. The molecule has 4 aromatic rings. The SMILES string of the molecule is O=C1CC[C@H](N2Cc3ccc(N4CCC(CN5CCc6c(cnn6[C@H]6CN7c8cc(-c9cccc(F)c9O)nnc8NC[C@@]7(C(F)F)C6)C5)CC4)cc3C2=O)C(=O)N1. The summed E-state index contributed by atoms with van der Waals surface area (Å²) in [6.45, 7) is 4.89. The number of nitrogens with zero attached hydrogens (tertiary/aromatic N) is 8. The molecule has 0 radical (unpaired) electrons. The molecule has 0 spiro atoms. The van der Waals surface area contributed by atoms with Gasteiger partial charge in [0.25, 0.3) is 12.3 Å². The number of aromatic nitrogens is 4. The number of hydrogen-bond acceptors (Lipinski definition) is 11. The molecule has 3 atom stereocenters. The third-order valence-electron chi connectivity index (χ3n) is 13.2. The minimum Gasteiger partial charge on any atom is -0.504 e. The van der Waals surface area contributed by atoms with Gasteiger partial charge >= 0.3 is 0 Å². The maximum absolute atomic E-state index is 15.1. The van der Waals surface area contributed by atoms with Gasteiger partial charge in [-0.05, 0) is 61.1 Å². The highest BCUT2D eigenvalue weighted by Crippen LogP contribution is 2.49. The van der Waals surface area contributed by atoms with Crippen molar-refractivity contribution in [2.75, 3.05) is 54.4 Å². The Morgan fingerprint density at radius 2 is 1.79 bits per heavy atom. The van der Waals surface area contributed by atoms with Gasteiger partial charge in [0.2, 0.25) is 11.8 Å². The Kier molecular flexibility index (Phi) is 8.83. The van der Waals surface area contributed by atoms with Gasteiger partial charge in [0, 0.05) is 99.7 Å². The zero-order chi connectivity index (χ0) is 39.9. The fourth-order valence-electron chi connectivity index (χ4n) is 10.1. The van der Waals surface area contributed by atoms with Gasteiger partial charge in [-0.25, -0.2) is 13.2 Å². The van der Waals surface area contributed by atoms with E-state index in [0.717, 1.165) is 80.6 Å². The van der Waals surface area contributed by atoms with Crippen molar-refractivity contribution >= 4 is 34.9 Å². The van der Waals surface area contributed by atoms with Gasteiger partial charge in [-0.2, -0.15) is 5.10 Å². The van der Waals surface area contributed by atoms with Crippen LogP contribution in [0.1, 0.15) is 65.3 Å². The summed E-state index contributed by atoms with van der Waals surface area (Å²) in [5.41, 5.74) is 3.95. The number of anilines is 3. The van der Waals surface area contributed by atoms with Crippen LogP contribution >= 0.6 is 0 Å². The van der Waals surface area contributed by atoms with Crippen molar-refractivity contribution in [1.29, 1.82) is 0 Å². The summed E-state index contributed by atoms with van der Waals surface area (Å²) in [5.74, 6) is -1.39. The van der Waals surface area contributed by atoms with Gasteiger partial charge in [0.05, 0.1) is 23.6 Å². The molecule has 302 valence electrons.